The second-order valence-corrected chi connectivity index (χ2v) is 7.43. The molecule has 0 saturated carbocycles. The number of benzene rings is 2. The highest BCUT2D eigenvalue weighted by Gasteiger charge is 2.51. The summed E-state index contributed by atoms with van der Waals surface area (Å²) in [5, 5.41) is 0. The van der Waals surface area contributed by atoms with Gasteiger partial charge in [0.05, 0.1) is 5.56 Å². The average molecular weight is 303 g/mol. The first kappa shape index (κ1) is 14.3. The van der Waals surface area contributed by atoms with Gasteiger partial charge in [0.1, 0.15) is 23.6 Å². The molecule has 0 radical (unpaired) electrons. The molecular weight excluding hydrogens is 280 g/mol. The van der Waals surface area contributed by atoms with Gasteiger partial charge >= 0.3 is 0 Å². The van der Waals surface area contributed by atoms with Gasteiger partial charge < -0.3 is 0 Å². The largest absolute Gasteiger partial charge is 0.294 e. The Labute approximate surface area is 138 Å². The van der Waals surface area contributed by atoms with E-state index in [0.29, 0.717) is 0 Å². The van der Waals surface area contributed by atoms with Crippen LogP contribution in [0.1, 0.15) is 33.3 Å². The van der Waals surface area contributed by atoms with E-state index < -0.39 is 0 Å². The molecule has 1 aliphatic rings. The Kier molecular flexibility index (Phi) is 2.84. The molecule has 3 aromatic rings. The van der Waals surface area contributed by atoms with Crippen molar-refractivity contribution >= 4 is 0 Å². The highest BCUT2D eigenvalue weighted by molar-refractivity contribution is 5.64. The average Bonchev–Trinajstić information content (AvgIpc) is 3.00. The van der Waals surface area contributed by atoms with Crippen LogP contribution in [0.4, 0.5) is 0 Å². The van der Waals surface area contributed by atoms with Gasteiger partial charge in [0, 0.05) is 5.41 Å². The summed E-state index contributed by atoms with van der Waals surface area (Å²) in [6.45, 7) is 9.37. The van der Waals surface area contributed by atoms with Crippen LogP contribution in [0.3, 0.4) is 0 Å². The number of fused-ring (bicyclic) bond motifs is 3. The van der Waals surface area contributed by atoms with Gasteiger partial charge in [-0.2, -0.15) is 4.57 Å². The Bertz CT molecular complexity index is 870. The van der Waals surface area contributed by atoms with Crippen LogP contribution in [-0.2, 0) is 11.0 Å². The second kappa shape index (κ2) is 4.58. The number of para-hydroxylation sites is 1. The van der Waals surface area contributed by atoms with Crippen LogP contribution in [0.2, 0.25) is 0 Å². The minimum absolute atomic E-state index is 0.00326. The fourth-order valence-electron chi connectivity index (χ4n) is 3.75. The Hall–Kier alpha value is -2.35. The number of hydrogen-bond acceptors (Lipinski definition) is 0. The molecular formula is C21H23N2+. The molecule has 4 rings (SSSR count). The SMILES string of the molecule is CC1(C)c2ccccc2-c2n(-c3ccccc3)cc[n+]2C1(C)C. The summed E-state index contributed by atoms with van der Waals surface area (Å²) < 4.78 is 4.73. The van der Waals surface area contributed by atoms with Gasteiger partial charge in [-0.05, 0) is 37.6 Å². The van der Waals surface area contributed by atoms with Gasteiger partial charge in [-0.3, -0.25) is 0 Å². The lowest BCUT2D eigenvalue weighted by Crippen LogP contribution is -2.64. The van der Waals surface area contributed by atoms with E-state index in [2.05, 4.69) is 104 Å². The lowest BCUT2D eigenvalue weighted by atomic mass is 9.66. The Morgan fingerprint density at radius 2 is 1.48 bits per heavy atom. The van der Waals surface area contributed by atoms with E-state index in [-0.39, 0.29) is 11.0 Å². The van der Waals surface area contributed by atoms with E-state index in [0.717, 1.165) is 0 Å². The predicted molar refractivity (Wildman–Crippen MR) is 93.7 cm³/mol. The zero-order valence-electron chi connectivity index (χ0n) is 14.2. The summed E-state index contributed by atoms with van der Waals surface area (Å²) in [4.78, 5) is 0. The van der Waals surface area contributed by atoms with Crippen molar-refractivity contribution in [2.75, 3.05) is 0 Å². The topological polar surface area (TPSA) is 8.81 Å². The fraction of sp³-hybridized carbons (Fsp3) is 0.286. The van der Waals surface area contributed by atoms with Crippen molar-refractivity contribution in [3.63, 3.8) is 0 Å². The third-order valence-electron chi connectivity index (χ3n) is 5.83. The maximum Gasteiger partial charge on any atom is 0.294 e. The molecule has 0 atom stereocenters. The monoisotopic (exact) mass is 303 g/mol. The molecule has 2 heteroatoms. The van der Waals surface area contributed by atoms with E-state index in [4.69, 9.17) is 0 Å². The molecule has 0 aliphatic carbocycles. The highest BCUT2D eigenvalue weighted by atomic mass is 15.2. The van der Waals surface area contributed by atoms with Gasteiger partial charge in [-0.15, -0.1) is 0 Å². The molecule has 2 heterocycles. The first-order chi connectivity index (χ1) is 10.9. The third-order valence-corrected chi connectivity index (χ3v) is 5.83. The predicted octanol–water partition coefficient (Wildman–Crippen LogP) is 4.46. The molecule has 0 saturated heterocycles. The Morgan fingerprint density at radius 1 is 0.826 bits per heavy atom. The molecule has 116 valence electrons. The Balaban J connectivity index is 2.08. The molecule has 2 nitrogen and oxygen atoms in total. The first-order valence-corrected chi connectivity index (χ1v) is 8.23. The van der Waals surface area contributed by atoms with Crippen LogP contribution >= 0.6 is 0 Å². The van der Waals surface area contributed by atoms with Crippen molar-refractivity contribution in [1.82, 2.24) is 4.57 Å². The summed E-state index contributed by atoms with van der Waals surface area (Å²) >= 11 is 0. The summed E-state index contributed by atoms with van der Waals surface area (Å²) in [6, 6.07) is 19.4. The number of nitrogens with zero attached hydrogens (tertiary/aromatic N) is 2. The van der Waals surface area contributed by atoms with E-state index in [1.807, 2.05) is 0 Å². The van der Waals surface area contributed by atoms with Crippen molar-refractivity contribution in [2.24, 2.45) is 0 Å². The lowest BCUT2D eigenvalue weighted by Gasteiger charge is -2.43. The molecule has 1 aliphatic heterocycles. The van der Waals surface area contributed by atoms with Gasteiger partial charge in [0.15, 0.2) is 0 Å². The molecule has 0 bridgehead atoms. The second-order valence-electron chi connectivity index (χ2n) is 7.43. The van der Waals surface area contributed by atoms with E-state index >= 15 is 0 Å². The smallest absolute Gasteiger partial charge is 0.224 e. The minimum atomic E-state index is -0.00326. The van der Waals surface area contributed by atoms with E-state index in [9.17, 15) is 0 Å². The van der Waals surface area contributed by atoms with E-state index in [1.54, 1.807) is 0 Å². The van der Waals surface area contributed by atoms with Crippen LogP contribution in [0.5, 0.6) is 0 Å². The third kappa shape index (κ3) is 1.78. The zero-order chi connectivity index (χ0) is 16.2. The van der Waals surface area contributed by atoms with Gasteiger partial charge in [-0.25, -0.2) is 4.57 Å². The van der Waals surface area contributed by atoms with Crippen LogP contribution in [0, 0.1) is 0 Å². The standard InChI is InChI=1S/C21H23N2/c1-20(2)18-13-9-8-12-17(18)19-22(16-10-6-5-7-11-16)14-15-23(19)21(20,3)4/h5-15H,1-4H3/q+1. The fourth-order valence-corrected chi connectivity index (χ4v) is 3.75. The number of hydrogen-bond donors (Lipinski definition) is 0. The van der Waals surface area contributed by atoms with E-state index in [1.165, 1.54) is 22.6 Å². The first-order valence-electron chi connectivity index (χ1n) is 8.23. The number of rotatable bonds is 1. The Morgan fingerprint density at radius 3 is 2.22 bits per heavy atom. The molecule has 0 fully saturated rings. The van der Waals surface area contributed by atoms with Crippen molar-refractivity contribution in [3.8, 4) is 17.1 Å². The summed E-state index contributed by atoms with van der Waals surface area (Å²) in [7, 11) is 0. The number of imidazole rings is 1. The number of aromatic nitrogens is 2. The zero-order valence-corrected chi connectivity index (χ0v) is 14.2. The van der Waals surface area contributed by atoms with Crippen LogP contribution in [-0.4, -0.2) is 4.57 Å². The van der Waals surface area contributed by atoms with Crippen molar-refractivity contribution in [1.29, 1.82) is 0 Å². The van der Waals surface area contributed by atoms with Crippen molar-refractivity contribution in [2.45, 2.75) is 38.6 Å². The van der Waals surface area contributed by atoms with Crippen LogP contribution in [0.15, 0.2) is 67.0 Å². The summed E-state index contributed by atoms with van der Waals surface area (Å²) in [5.74, 6) is 1.26. The van der Waals surface area contributed by atoms with Crippen molar-refractivity contribution in [3.05, 3.63) is 72.6 Å². The normalized spacial score (nSPS) is 17.4. The molecule has 0 unspecified atom stereocenters. The maximum absolute atomic E-state index is 2.43. The van der Waals surface area contributed by atoms with Crippen LogP contribution in [0.25, 0.3) is 17.1 Å². The minimum Gasteiger partial charge on any atom is -0.224 e. The maximum atomic E-state index is 2.43. The molecule has 0 N–H and O–H groups in total. The quantitative estimate of drug-likeness (QED) is 0.587. The van der Waals surface area contributed by atoms with Crippen LogP contribution < -0.4 is 4.57 Å². The molecule has 2 aromatic carbocycles. The van der Waals surface area contributed by atoms with Gasteiger partial charge in [-0.1, -0.05) is 50.2 Å². The lowest BCUT2D eigenvalue weighted by molar-refractivity contribution is -0.759. The molecule has 23 heavy (non-hydrogen) atoms. The van der Waals surface area contributed by atoms with Gasteiger partial charge in [0.25, 0.3) is 5.82 Å². The highest BCUT2D eigenvalue weighted by Crippen LogP contribution is 2.45. The van der Waals surface area contributed by atoms with Gasteiger partial charge in [0.2, 0.25) is 0 Å². The molecule has 0 spiro atoms. The molecule has 0 amide bonds. The summed E-state index contributed by atoms with van der Waals surface area (Å²) in [6.07, 6.45) is 4.41. The van der Waals surface area contributed by atoms with Crippen molar-refractivity contribution < 1.29 is 4.57 Å². The molecule has 1 aromatic heterocycles. The summed E-state index contributed by atoms with van der Waals surface area (Å²) in [5.41, 5.74) is 4.00.